The maximum atomic E-state index is 4.95. The molecule has 0 spiro atoms. The number of anilines is 2. The Bertz CT molecular complexity index is 1100. The average Bonchev–Trinajstić information content (AvgIpc) is 2.84. The van der Waals surface area contributed by atoms with Crippen LogP contribution in [-0.2, 0) is 13.0 Å². The van der Waals surface area contributed by atoms with Gasteiger partial charge >= 0.3 is 0 Å². The van der Waals surface area contributed by atoms with E-state index in [1.807, 2.05) is 26.8 Å². The summed E-state index contributed by atoms with van der Waals surface area (Å²) in [6, 6.07) is 13.2. The number of rotatable bonds is 8. The monoisotopic (exact) mass is 475 g/mol. The fraction of sp³-hybridized carbons (Fsp3) is 0.467. The molecule has 5 nitrogen and oxygen atoms in total. The second kappa shape index (κ2) is 13.2. The highest BCUT2D eigenvalue weighted by atomic mass is 15.2. The largest absolute Gasteiger partial charge is 0.365 e. The molecule has 1 aliphatic heterocycles. The fourth-order valence-corrected chi connectivity index (χ4v) is 5.06. The van der Waals surface area contributed by atoms with Crippen LogP contribution >= 0.6 is 0 Å². The normalized spacial score (nSPS) is 13.3. The topological polar surface area (TPSA) is 67.3 Å². The highest BCUT2D eigenvalue weighted by Crippen LogP contribution is 2.34. The molecule has 0 saturated heterocycles. The Balaban J connectivity index is 0.00000140. The summed E-state index contributed by atoms with van der Waals surface area (Å²) in [6.07, 6.45) is 5.14. The molecular formula is C30H45N5. The van der Waals surface area contributed by atoms with Crippen LogP contribution in [-0.4, -0.2) is 29.6 Å². The summed E-state index contributed by atoms with van der Waals surface area (Å²) in [5.74, 6) is 2.58. The third-order valence-corrected chi connectivity index (χ3v) is 6.48. The lowest BCUT2D eigenvalue weighted by atomic mass is 9.99. The number of aromatic nitrogens is 2. The first-order valence-electron chi connectivity index (χ1n) is 13.0. The standard InChI is InChI=1S/C28H36N4.C2H6.H3N/c1-6-10-20(3)18-32(16-7-2)28-24-15-17-31(19-25(24)29-22(5)30-28)26-14-9-13-23-12-8-11-21(4)27(23)26;1-2;/h6,8-9,11-14,20H,1,7,10,15-19H2,2-5H3;1-2H3;1H3. The van der Waals surface area contributed by atoms with Gasteiger partial charge in [0.1, 0.15) is 11.6 Å². The van der Waals surface area contributed by atoms with Crippen LogP contribution in [0.5, 0.6) is 0 Å². The minimum absolute atomic E-state index is 0. The molecule has 1 aromatic heterocycles. The molecule has 2 heterocycles. The summed E-state index contributed by atoms with van der Waals surface area (Å²) in [7, 11) is 0. The van der Waals surface area contributed by atoms with Gasteiger partial charge in [0.05, 0.1) is 12.2 Å². The van der Waals surface area contributed by atoms with Crippen LogP contribution in [0, 0.1) is 19.8 Å². The summed E-state index contributed by atoms with van der Waals surface area (Å²) in [6.45, 7) is 20.6. The number of allylic oxidation sites excluding steroid dienone is 1. The van der Waals surface area contributed by atoms with Gasteiger partial charge in [0.25, 0.3) is 0 Å². The Morgan fingerprint density at radius 3 is 2.51 bits per heavy atom. The molecule has 1 atom stereocenters. The minimum atomic E-state index is 0. The highest BCUT2D eigenvalue weighted by molar-refractivity contribution is 5.97. The lowest BCUT2D eigenvalue weighted by Crippen LogP contribution is -2.36. The average molecular weight is 476 g/mol. The zero-order valence-corrected chi connectivity index (χ0v) is 22.8. The molecular weight excluding hydrogens is 430 g/mol. The first kappa shape index (κ1) is 28.3. The van der Waals surface area contributed by atoms with E-state index in [1.54, 1.807) is 0 Å². The van der Waals surface area contributed by atoms with Crippen molar-refractivity contribution >= 4 is 22.3 Å². The lowest BCUT2D eigenvalue weighted by molar-refractivity contribution is 0.557. The van der Waals surface area contributed by atoms with Crippen LogP contribution < -0.4 is 16.0 Å². The number of hydrogen-bond donors (Lipinski definition) is 1. The first-order chi connectivity index (χ1) is 16.5. The van der Waals surface area contributed by atoms with Gasteiger partial charge in [0.2, 0.25) is 0 Å². The van der Waals surface area contributed by atoms with Crippen LogP contribution in [0.3, 0.4) is 0 Å². The van der Waals surface area contributed by atoms with Crippen LogP contribution in [0.25, 0.3) is 10.8 Å². The van der Waals surface area contributed by atoms with Crippen molar-refractivity contribution in [2.45, 2.75) is 67.3 Å². The van der Waals surface area contributed by atoms with Gasteiger partial charge < -0.3 is 16.0 Å². The van der Waals surface area contributed by atoms with Crippen molar-refractivity contribution in [3.8, 4) is 0 Å². The third kappa shape index (κ3) is 6.40. The Hall–Kier alpha value is -2.92. The highest BCUT2D eigenvalue weighted by Gasteiger charge is 2.26. The fourth-order valence-electron chi connectivity index (χ4n) is 5.06. The van der Waals surface area contributed by atoms with Crippen molar-refractivity contribution in [2.24, 2.45) is 5.92 Å². The van der Waals surface area contributed by atoms with E-state index in [0.29, 0.717) is 5.92 Å². The smallest absolute Gasteiger partial charge is 0.135 e. The van der Waals surface area contributed by atoms with E-state index in [4.69, 9.17) is 9.97 Å². The second-order valence-electron chi connectivity index (χ2n) is 9.22. The molecule has 190 valence electrons. The van der Waals surface area contributed by atoms with E-state index in [2.05, 4.69) is 73.5 Å². The van der Waals surface area contributed by atoms with Gasteiger partial charge in [-0.2, -0.15) is 0 Å². The van der Waals surface area contributed by atoms with E-state index in [9.17, 15) is 0 Å². The van der Waals surface area contributed by atoms with E-state index < -0.39 is 0 Å². The van der Waals surface area contributed by atoms with Crippen LogP contribution in [0.1, 0.15) is 63.2 Å². The summed E-state index contributed by atoms with van der Waals surface area (Å²) in [4.78, 5) is 14.8. The maximum Gasteiger partial charge on any atom is 0.135 e. The van der Waals surface area contributed by atoms with Gasteiger partial charge in [-0.25, -0.2) is 9.97 Å². The summed E-state index contributed by atoms with van der Waals surface area (Å²) in [5.41, 5.74) is 5.16. The van der Waals surface area contributed by atoms with Crippen LogP contribution in [0.2, 0.25) is 0 Å². The lowest BCUT2D eigenvalue weighted by Gasteiger charge is -2.35. The van der Waals surface area contributed by atoms with Gasteiger partial charge in [-0.3, -0.25) is 0 Å². The molecule has 2 aromatic carbocycles. The molecule has 1 unspecified atom stereocenters. The zero-order valence-electron chi connectivity index (χ0n) is 22.8. The Morgan fingerprint density at radius 2 is 1.83 bits per heavy atom. The van der Waals surface area contributed by atoms with Crippen molar-refractivity contribution in [3.05, 3.63) is 71.7 Å². The van der Waals surface area contributed by atoms with Crippen molar-refractivity contribution < 1.29 is 0 Å². The molecule has 0 radical (unpaired) electrons. The predicted octanol–water partition coefficient (Wildman–Crippen LogP) is 7.43. The van der Waals surface area contributed by atoms with Crippen molar-refractivity contribution in [2.75, 3.05) is 29.4 Å². The first-order valence-corrected chi connectivity index (χ1v) is 13.0. The van der Waals surface area contributed by atoms with Gasteiger partial charge in [0, 0.05) is 36.3 Å². The number of aryl methyl sites for hydroxylation is 2. The number of nitrogens with zero attached hydrogens (tertiary/aromatic N) is 4. The minimum Gasteiger partial charge on any atom is -0.365 e. The zero-order chi connectivity index (χ0) is 24.7. The maximum absolute atomic E-state index is 4.95. The molecule has 35 heavy (non-hydrogen) atoms. The van der Waals surface area contributed by atoms with Crippen molar-refractivity contribution in [3.63, 3.8) is 0 Å². The molecule has 0 saturated carbocycles. The molecule has 0 aliphatic carbocycles. The van der Waals surface area contributed by atoms with Gasteiger partial charge in [-0.05, 0) is 56.0 Å². The van der Waals surface area contributed by atoms with Gasteiger partial charge in [-0.1, -0.05) is 64.1 Å². The van der Waals surface area contributed by atoms with Crippen molar-refractivity contribution in [1.82, 2.24) is 16.1 Å². The quantitative estimate of drug-likeness (QED) is 0.343. The Labute approximate surface area is 212 Å². The summed E-state index contributed by atoms with van der Waals surface area (Å²) in [5, 5.41) is 2.66. The number of fused-ring (bicyclic) bond motifs is 2. The van der Waals surface area contributed by atoms with E-state index in [1.165, 1.54) is 33.3 Å². The molecule has 1 aliphatic rings. The molecule has 0 fully saturated rings. The Kier molecular flexibility index (Phi) is 10.7. The molecule has 3 aromatic rings. The van der Waals surface area contributed by atoms with Gasteiger partial charge in [0.15, 0.2) is 0 Å². The summed E-state index contributed by atoms with van der Waals surface area (Å²) >= 11 is 0. The van der Waals surface area contributed by atoms with Crippen LogP contribution in [0.15, 0.2) is 49.1 Å². The molecule has 3 N–H and O–H groups in total. The molecule has 0 bridgehead atoms. The summed E-state index contributed by atoms with van der Waals surface area (Å²) < 4.78 is 0. The Morgan fingerprint density at radius 1 is 1.11 bits per heavy atom. The SMILES string of the molecule is C=CCC(C)CN(CCC)c1nc(C)nc2c1CCN(c1cccc3cccc(C)c13)C2.CC.N. The van der Waals surface area contributed by atoms with Crippen molar-refractivity contribution in [1.29, 1.82) is 0 Å². The number of benzene rings is 2. The van der Waals surface area contributed by atoms with E-state index >= 15 is 0 Å². The second-order valence-corrected chi connectivity index (χ2v) is 9.22. The number of hydrogen-bond acceptors (Lipinski definition) is 5. The van der Waals surface area contributed by atoms with E-state index in [0.717, 1.165) is 57.1 Å². The van der Waals surface area contributed by atoms with Crippen LogP contribution in [0.4, 0.5) is 11.5 Å². The molecule has 4 rings (SSSR count). The molecule has 0 amide bonds. The van der Waals surface area contributed by atoms with E-state index in [-0.39, 0.29) is 6.15 Å². The van der Waals surface area contributed by atoms with Gasteiger partial charge in [-0.15, -0.1) is 6.58 Å². The molecule has 5 heteroatoms. The third-order valence-electron chi connectivity index (χ3n) is 6.48. The predicted molar refractivity (Wildman–Crippen MR) is 153 cm³/mol.